The summed E-state index contributed by atoms with van der Waals surface area (Å²) in [6.45, 7) is 1.93. The molecule has 1 amide bonds. The van der Waals surface area contributed by atoms with E-state index in [1.165, 1.54) is 0 Å². The molecule has 1 aromatic heterocycles. The molecule has 1 aromatic carbocycles. The second kappa shape index (κ2) is 6.55. The monoisotopic (exact) mass is 312 g/mol. The number of alkyl halides is 2. The van der Waals surface area contributed by atoms with Crippen LogP contribution < -0.4 is 5.32 Å². The van der Waals surface area contributed by atoms with Crippen molar-refractivity contribution in [2.45, 2.75) is 19.9 Å². The highest BCUT2D eigenvalue weighted by Gasteiger charge is 2.21. The van der Waals surface area contributed by atoms with Gasteiger partial charge < -0.3 is 5.32 Å². The Kier molecular flexibility index (Phi) is 4.75. The van der Waals surface area contributed by atoms with Crippen molar-refractivity contribution < 1.29 is 22.4 Å². The molecule has 0 aliphatic rings. The topological polar surface area (TPSA) is 42.0 Å². The third-order valence-electron chi connectivity index (χ3n) is 3.15. The van der Waals surface area contributed by atoms with E-state index in [1.54, 1.807) is 18.5 Å². The Morgan fingerprint density at radius 3 is 2.45 bits per heavy atom. The van der Waals surface area contributed by atoms with Crippen LogP contribution in [-0.2, 0) is 6.54 Å². The van der Waals surface area contributed by atoms with Gasteiger partial charge in [0.15, 0.2) is 0 Å². The molecule has 0 saturated carbocycles. The molecule has 1 heterocycles. The highest BCUT2D eigenvalue weighted by Crippen LogP contribution is 2.26. The maximum Gasteiger partial charge on any atom is 0.269 e. The SMILES string of the molecule is Cc1ccncc1CNC(=O)c1cc(F)c(C(F)F)c(F)c1. The number of hydrogen-bond donors (Lipinski definition) is 1. The van der Waals surface area contributed by atoms with E-state index in [2.05, 4.69) is 10.3 Å². The van der Waals surface area contributed by atoms with E-state index in [0.29, 0.717) is 12.1 Å². The Bertz CT molecular complexity index is 681. The minimum atomic E-state index is -3.28. The molecular formula is C15H12F4N2O. The second-order valence-electron chi connectivity index (χ2n) is 4.64. The molecule has 0 fully saturated rings. The minimum Gasteiger partial charge on any atom is -0.348 e. The van der Waals surface area contributed by atoms with E-state index in [1.807, 2.05) is 6.92 Å². The van der Waals surface area contributed by atoms with Crippen molar-refractivity contribution in [1.29, 1.82) is 0 Å². The fourth-order valence-corrected chi connectivity index (χ4v) is 1.88. The number of carbonyl (C=O) groups is 1. The van der Waals surface area contributed by atoms with Crippen molar-refractivity contribution in [2.24, 2.45) is 0 Å². The normalized spacial score (nSPS) is 10.8. The summed E-state index contributed by atoms with van der Waals surface area (Å²) in [5, 5.41) is 2.46. The molecule has 0 aliphatic carbocycles. The Morgan fingerprint density at radius 1 is 1.27 bits per heavy atom. The zero-order valence-electron chi connectivity index (χ0n) is 11.5. The molecule has 116 valence electrons. The second-order valence-corrected chi connectivity index (χ2v) is 4.64. The molecule has 0 bridgehead atoms. The molecule has 22 heavy (non-hydrogen) atoms. The fraction of sp³-hybridized carbons (Fsp3) is 0.200. The molecule has 2 rings (SSSR count). The first-order valence-electron chi connectivity index (χ1n) is 6.35. The lowest BCUT2D eigenvalue weighted by Gasteiger charge is -2.09. The lowest BCUT2D eigenvalue weighted by molar-refractivity contribution is 0.0948. The molecule has 0 atom stereocenters. The number of carbonyl (C=O) groups excluding carboxylic acids is 1. The molecule has 0 unspecified atom stereocenters. The Morgan fingerprint density at radius 2 is 1.91 bits per heavy atom. The average Bonchev–Trinajstić information content (AvgIpc) is 2.44. The number of halogens is 4. The van der Waals surface area contributed by atoms with Crippen molar-refractivity contribution in [3.63, 3.8) is 0 Å². The number of aryl methyl sites for hydroxylation is 1. The van der Waals surface area contributed by atoms with Gasteiger partial charge in [0.1, 0.15) is 11.6 Å². The van der Waals surface area contributed by atoms with Gasteiger partial charge in [-0.25, -0.2) is 17.6 Å². The molecule has 7 heteroatoms. The van der Waals surface area contributed by atoms with Gasteiger partial charge in [-0.3, -0.25) is 9.78 Å². The molecular weight excluding hydrogens is 300 g/mol. The Balaban J connectivity index is 2.15. The molecule has 0 saturated heterocycles. The number of amides is 1. The van der Waals surface area contributed by atoms with Crippen molar-refractivity contribution in [3.8, 4) is 0 Å². The lowest BCUT2D eigenvalue weighted by Crippen LogP contribution is -2.23. The summed E-state index contributed by atoms with van der Waals surface area (Å²) in [7, 11) is 0. The van der Waals surface area contributed by atoms with Crippen LogP contribution in [-0.4, -0.2) is 10.9 Å². The highest BCUT2D eigenvalue weighted by atomic mass is 19.3. The van der Waals surface area contributed by atoms with Crippen LogP contribution >= 0.6 is 0 Å². The molecule has 3 nitrogen and oxygen atoms in total. The summed E-state index contributed by atoms with van der Waals surface area (Å²) in [6, 6.07) is 2.93. The number of benzene rings is 1. The number of rotatable bonds is 4. The van der Waals surface area contributed by atoms with E-state index in [0.717, 1.165) is 11.1 Å². The van der Waals surface area contributed by atoms with Crippen LogP contribution in [0.25, 0.3) is 0 Å². The van der Waals surface area contributed by atoms with Crippen LogP contribution in [0.3, 0.4) is 0 Å². The van der Waals surface area contributed by atoms with Crippen LogP contribution in [0.2, 0.25) is 0 Å². The van der Waals surface area contributed by atoms with Gasteiger partial charge in [-0.05, 0) is 36.2 Å². The maximum absolute atomic E-state index is 13.4. The van der Waals surface area contributed by atoms with Crippen LogP contribution in [0.4, 0.5) is 17.6 Å². The van der Waals surface area contributed by atoms with Gasteiger partial charge in [-0.15, -0.1) is 0 Å². The largest absolute Gasteiger partial charge is 0.348 e. The quantitative estimate of drug-likeness (QED) is 0.878. The zero-order valence-corrected chi connectivity index (χ0v) is 11.5. The van der Waals surface area contributed by atoms with Gasteiger partial charge in [0.05, 0.1) is 5.56 Å². The Labute approximate surface area is 124 Å². The number of hydrogen-bond acceptors (Lipinski definition) is 2. The van der Waals surface area contributed by atoms with Crippen LogP contribution in [0.1, 0.15) is 33.5 Å². The van der Waals surface area contributed by atoms with E-state index >= 15 is 0 Å². The summed E-state index contributed by atoms with van der Waals surface area (Å²) in [5.74, 6) is -3.66. The average molecular weight is 312 g/mol. The summed E-state index contributed by atoms with van der Waals surface area (Å²) in [4.78, 5) is 15.8. The van der Waals surface area contributed by atoms with Gasteiger partial charge in [-0.1, -0.05) is 0 Å². The summed E-state index contributed by atoms with van der Waals surface area (Å²) >= 11 is 0. The standard InChI is InChI=1S/C15H12F4N2O/c1-8-2-3-20-6-10(8)7-21-15(22)9-4-11(16)13(14(18)19)12(17)5-9/h2-6,14H,7H2,1H3,(H,21,22). The van der Waals surface area contributed by atoms with Crippen molar-refractivity contribution in [1.82, 2.24) is 10.3 Å². The van der Waals surface area contributed by atoms with E-state index < -0.39 is 29.5 Å². The molecule has 2 aromatic rings. The summed E-state index contributed by atoms with van der Waals surface area (Å²) in [5.41, 5.74) is -0.0673. The van der Waals surface area contributed by atoms with Gasteiger partial charge in [0, 0.05) is 24.5 Å². The summed E-state index contributed by atoms with van der Waals surface area (Å²) < 4.78 is 51.8. The molecule has 0 spiro atoms. The van der Waals surface area contributed by atoms with E-state index in [-0.39, 0.29) is 12.1 Å². The van der Waals surface area contributed by atoms with Crippen molar-refractivity contribution >= 4 is 5.91 Å². The first kappa shape index (κ1) is 15.9. The van der Waals surface area contributed by atoms with Crippen molar-refractivity contribution in [3.05, 3.63) is 64.5 Å². The zero-order chi connectivity index (χ0) is 16.3. The van der Waals surface area contributed by atoms with E-state index in [4.69, 9.17) is 0 Å². The Hall–Kier alpha value is -2.44. The summed E-state index contributed by atoms with van der Waals surface area (Å²) in [6.07, 6.45) is -0.138. The smallest absolute Gasteiger partial charge is 0.269 e. The first-order chi connectivity index (χ1) is 10.4. The molecule has 1 N–H and O–H groups in total. The van der Waals surface area contributed by atoms with Crippen LogP contribution in [0.5, 0.6) is 0 Å². The maximum atomic E-state index is 13.4. The molecule has 0 radical (unpaired) electrons. The van der Waals surface area contributed by atoms with Gasteiger partial charge in [-0.2, -0.15) is 0 Å². The lowest BCUT2D eigenvalue weighted by atomic mass is 10.1. The van der Waals surface area contributed by atoms with Gasteiger partial charge >= 0.3 is 0 Å². The van der Waals surface area contributed by atoms with Gasteiger partial charge in [0.2, 0.25) is 0 Å². The third kappa shape index (κ3) is 3.41. The third-order valence-corrected chi connectivity index (χ3v) is 3.15. The molecule has 0 aliphatic heterocycles. The highest BCUT2D eigenvalue weighted by molar-refractivity contribution is 5.94. The number of nitrogens with zero attached hydrogens (tertiary/aromatic N) is 1. The number of pyridine rings is 1. The van der Waals surface area contributed by atoms with Crippen LogP contribution in [0, 0.1) is 18.6 Å². The number of aromatic nitrogens is 1. The van der Waals surface area contributed by atoms with E-state index in [9.17, 15) is 22.4 Å². The minimum absolute atomic E-state index is 0.109. The first-order valence-corrected chi connectivity index (χ1v) is 6.35. The fourth-order valence-electron chi connectivity index (χ4n) is 1.88. The number of nitrogens with one attached hydrogen (secondary N) is 1. The van der Waals surface area contributed by atoms with Crippen LogP contribution in [0.15, 0.2) is 30.6 Å². The predicted octanol–water partition coefficient (Wildman–Crippen LogP) is 3.54. The predicted molar refractivity (Wildman–Crippen MR) is 71.5 cm³/mol. The van der Waals surface area contributed by atoms with Gasteiger partial charge in [0.25, 0.3) is 12.3 Å². The van der Waals surface area contributed by atoms with Crippen molar-refractivity contribution in [2.75, 3.05) is 0 Å².